The molecule has 0 unspecified atom stereocenters. The van der Waals surface area contributed by atoms with Crippen molar-refractivity contribution >= 4 is 29.1 Å². The minimum atomic E-state index is -0.848. The molecule has 0 atom stereocenters. The van der Waals surface area contributed by atoms with E-state index in [1.165, 1.54) is 11.3 Å². The fourth-order valence-electron chi connectivity index (χ4n) is 2.34. The lowest BCUT2D eigenvalue weighted by Gasteiger charge is -2.34. The maximum absolute atomic E-state index is 12.2. The number of nitrogens with one attached hydrogen (secondary N) is 1. The highest BCUT2D eigenvalue weighted by Gasteiger charge is 2.22. The molecule has 0 radical (unpaired) electrons. The molecular weight excluding hydrogens is 318 g/mol. The first kappa shape index (κ1) is 17.4. The number of amides is 2. The lowest BCUT2D eigenvalue weighted by molar-refractivity contribution is -0.154. The van der Waals surface area contributed by atoms with E-state index in [0.29, 0.717) is 26.2 Å². The summed E-state index contributed by atoms with van der Waals surface area (Å²) < 4.78 is 4.61. The minimum absolute atomic E-state index is 0.0708. The Labute approximate surface area is 139 Å². The number of piperazine rings is 1. The molecule has 0 bridgehead atoms. The first-order valence-electron chi connectivity index (χ1n) is 7.60. The molecular formula is C15H21N3O4S. The van der Waals surface area contributed by atoms with Crippen LogP contribution in [0.5, 0.6) is 0 Å². The fourth-order valence-corrected chi connectivity index (χ4v) is 2.97. The topological polar surface area (TPSA) is 79.0 Å². The monoisotopic (exact) mass is 339 g/mol. The van der Waals surface area contributed by atoms with E-state index in [4.69, 9.17) is 0 Å². The number of hydrogen-bond acceptors (Lipinski definition) is 6. The Morgan fingerprint density at radius 3 is 2.61 bits per heavy atom. The zero-order valence-corrected chi connectivity index (χ0v) is 13.9. The van der Waals surface area contributed by atoms with Crippen LogP contribution in [0, 0.1) is 0 Å². The van der Waals surface area contributed by atoms with Crippen LogP contribution in [-0.2, 0) is 14.3 Å². The van der Waals surface area contributed by atoms with Gasteiger partial charge in [-0.15, -0.1) is 0 Å². The highest BCUT2D eigenvalue weighted by atomic mass is 32.1. The van der Waals surface area contributed by atoms with Crippen molar-refractivity contribution < 1.29 is 19.1 Å². The molecule has 0 saturated carbocycles. The Bertz CT molecular complexity index is 539. The summed E-state index contributed by atoms with van der Waals surface area (Å²) in [6, 6.07) is 1.84. The van der Waals surface area contributed by atoms with Gasteiger partial charge in [-0.05, 0) is 18.4 Å². The van der Waals surface area contributed by atoms with Gasteiger partial charge in [0.2, 0.25) is 0 Å². The van der Waals surface area contributed by atoms with Crippen LogP contribution in [0.25, 0.3) is 0 Å². The summed E-state index contributed by atoms with van der Waals surface area (Å²) in [6.07, 6.45) is 0. The summed E-state index contributed by atoms with van der Waals surface area (Å²) in [6.45, 7) is 5.72. The van der Waals surface area contributed by atoms with Gasteiger partial charge in [-0.3, -0.25) is 14.5 Å². The van der Waals surface area contributed by atoms with Gasteiger partial charge < -0.3 is 15.0 Å². The molecule has 7 nitrogen and oxygen atoms in total. The summed E-state index contributed by atoms with van der Waals surface area (Å²) in [7, 11) is 0. The highest BCUT2D eigenvalue weighted by Crippen LogP contribution is 2.11. The third-order valence-corrected chi connectivity index (χ3v) is 4.29. The molecule has 1 aliphatic heterocycles. The number of carbonyl (C=O) groups is 3. The zero-order chi connectivity index (χ0) is 16.7. The Kier molecular flexibility index (Phi) is 6.54. The van der Waals surface area contributed by atoms with E-state index in [-0.39, 0.29) is 12.5 Å². The molecule has 2 rings (SSSR count). The lowest BCUT2D eigenvalue weighted by Crippen LogP contribution is -2.50. The van der Waals surface area contributed by atoms with Crippen molar-refractivity contribution in [3.05, 3.63) is 22.4 Å². The van der Waals surface area contributed by atoms with E-state index < -0.39 is 11.9 Å². The van der Waals surface area contributed by atoms with Crippen molar-refractivity contribution in [1.29, 1.82) is 0 Å². The second-order valence-corrected chi connectivity index (χ2v) is 5.90. The van der Waals surface area contributed by atoms with Crippen LogP contribution in [0.4, 0.5) is 0 Å². The molecule has 1 aromatic heterocycles. The molecule has 23 heavy (non-hydrogen) atoms. The first-order valence-corrected chi connectivity index (χ1v) is 8.55. The molecule has 8 heteroatoms. The van der Waals surface area contributed by atoms with Crippen LogP contribution >= 0.6 is 11.3 Å². The molecule has 1 N–H and O–H groups in total. The van der Waals surface area contributed by atoms with Gasteiger partial charge in [0.25, 0.3) is 5.91 Å². The van der Waals surface area contributed by atoms with Gasteiger partial charge in [0.1, 0.15) is 0 Å². The van der Waals surface area contributed by atoms with Gasteiger partial charge in [0, 0.05) is 44.6 Å². The zero-order valence-electron chi connectivity index (χ0n) is 13.1. The molecule has 1 aromatic rings. The smallest absolute Gasteiger partial charge is 0.396 e. The number of rotatable bonds is 5. The van der Waals surface area contributed by atoms with Gasteiger partial charge in [-0.1, -0.05) is 0 Å². The third-order valence-electron chi connectivity index (χ3n) is 3.60. The van der Waals surface area contributed by atoms with Crippen molar-refractivity contribution in [2.45, 2.75) is 6.92 Å². The van der Waals surface area contributed by atoms with E-state index in [1.54, 1.807) is 6.92 Å². The number of thiophene rings is 1. The minimum Gasteiger partial charge on any atom is -0.459 e. The van der Waals surface area contributed by atoms with Crippen LogP contribution < -0.4 is 5.32 Å². The van der Waals surface area contributed by atoms with E-state index in [2.05, 4.69) is 15.0 Å². The second-order valence-electron chi connectivity index (χ2n) is 5.12. The van der Waals surface area contributed by atoms with Gasteiger partial charge in [0.15, 0.2) is 0 Å². The van der Waals surface area contributed by atoms with Crippen LogP contribution in [0.15, 0.2) is 16.8 Å². The van der Waals surface area contributed by atoms with Crippen molar-refractivity contribution in [2.24, 2.45) is 0 Å². The fraction of sp³-hybridized carbons (Fsp3) is 0.533. The molecule has 2 heterocycles. The molecule has 1 aliphatic rings. The summed E-state index contributed by atoms with van der Waals surface area (Å²) in [5.41, 5.74) is 0.741. The van der Waals surface area contributed by atoms with Gasteiger partial charge in [0.05, 0.1) is 12.2 Å². The Balaban J connectivity index is 1.66. The van der Waals surface area contributed by atoms with Gasteiger partial charge in [-0.25, -0.2) is 4.79 Å². The van der Waals surface area contributed by atoms with Crippen LogP contribution in [0.3, 0.4) is 0 Å². The normalized spacial score (nSPS) is 15.3. The molecule has 0 spiro atoms. The average Bonchev–Trinajstić information content (AvgIpc) is 3.09. The molecule has 1 fully saturated rings. The number of esters is 1. The predicted octanol–water partition coefficient (Wildman–Crippen LogP) is 0.185. The number of nitrogens with zero attached hydrogens (tertiary/aromatic N) is 2. The Morgan fingerprint density at radius 2 is 2.00 bits per heavy atom. The highest BCUT2D eigenvalue weighted by molar-refractivity contribution is 7.08. The SMILES string of the molecule is CCOC(=O)C(=O)NCCN1CCN(C(=O)c2ccsc2)CC1. The summed E-state index contributed by atoms with van der Waals surface area (Å²) >= 11 is 1.52. The number of hydrogen-bond donors (Lipinski definition) is 1. The maximum Gasteiger partial charge on any atom is 0.396 e. The van der Waals surface area contributed by atoms with Crippen molar-refractivity contribution in [2.75, 3.05) is 45.9 Å². The lowest BCUT2D eigenvalue weighted by atomic mass is 10.2. The standard InChI is InChI=1S/C15H21N3O4S/c1-2-22-15(21)13(19)16-4-5-17-6-8-18(9-7-17)14(20)12-3-10-23-11-12/h3,10-11H,2,4-9H2,1H3,(H,16,19). The maximum atomic E-state index is 12.2. The molecule has 0 aliphatic carbocycles. The summed E-state index contributed by atoms with van der Waals surface area (Å²) in [5.74, 6) is -1.49. The van der Waals surface area contributed by atoms with Crippen LogP contribution in [-0.4, -0.2) is 73.5 Å². The van der Waals surface area contributed by atoms with Crippen molar-refractivity contribution in [3.63, 3.8) is 0 Å². The molecule has 1 saturated heterocycles. The van der Waals surface area contributed by atoms with E-state index in [9.17, 15) is 14.4 Å². The number of carbonyl (C=O) groups excluding carboxylic acids is 3. The number of ether oxygens (including phenoxy) is 1. The summed E-state index contributed by atoms with van der Waals surface area (Å²) in [5, 5.41) is 6.30. The van der Waals surface area contributed by atoms with E-state index >= 15 is 0 Å². The van der Waals surface area contributed by atoms with Crippen molar-refractivity contribution in [3.8, 4) is 0 Å². The Hall–Kier alpha value is -1.93. The molecule has 2 amide bonds. The van der Waals surface area contributed by atoms with E-state index in [1.807, 2.05) is 21.7 Å². The second kappa shape index (κ2) is 8.64. The van der Waals surface area contributed by atoms with Crippen LogP contribution in [0.2, 0.25) is 0 Å². The average molecular weight is 339 g/mol. The predicted molar refractivity (Wildman–Crippen MR) is 86.3 cm³/mol. The third kappa shape index (κ3) is 5.04. The molecule has 0 aromatic carbocycles. The van der Waals surface area contributed by atoms with Gasteiger partial charge in [-0.2, -0.15) is 11.3 Å². The largest absolute Gasteiger partial charge is 0.459 e. The quantitative estimate of drug-likeness (QED) is 0.612. The Morgan fingerprint density at radius 1 is 1.26 bits per heavy atom. The van der Waals surface area contributed by atoms with Crippen LogP contribution in [0.1, 0.15) is 17.3 Å². The first-order chi connectivity index (χ1) is 11.1. The molecule has 126 valence electrons. The van der Waals surface area contributed by atoms with Crippen molar-refractivity contribution in [1.82, 2.24) is 15.1 Å². The van der Waals surface area contributed by atoms with Gasteiger partial charge >= 0.3 is 11.9 Å². The van der Waals surface area contributed by atoms with E-state index in [0.717, 1.165) is 18.7 Å². The summed E-state index contributed by atoms with van der Waals surface area (Å²) in [4.78, 5) is 38.8.